The third-order valence-corrected chi connectivity index (χ3v) is 5.42. The van der Waals surface area contributed by atoms with E-state index < -0.39 is 0 Å². The summed E-state index contributed by atoms with van der Waals surface area (Å²) < 4.78 is 0. The van der Waals surface area contributed by atoms with Gasteiger partial charge in [0.2, 0.25) is 5.28 Å². The van der Waals surface area contributed by atoms with Gasteiger partial charge in [-0.1, -0.05) is 19.1 Å². The Morgan fingerprint density at radius 1 is 1.32 bits per heavy atom. The molecule has 116 valence electrons. The van der Waals surface area contributed by atoms with E-state index in [-0.39, 0.29) is 0 Å². The smallest absolute Gasteiger partial charge is 0.225 e. The van der Waals surface area contributed by atoms with E-state index in [1.54, 1.807) is 11.3 Å². The fourth-order valence-corrected chi connectivity index (χ4v) is 4.68. The molecule has 5 heteroatoms. The lowest BCUT2D eigenvalue weighted by atomic mass is 9.89. The highest BCUT2D eigenvalue weighted by Crippen LogP contribution is 2.41. The number of aromatic nitrogens is 2. The van der Waals surface area contributed by atoms with Crippen LogP contribution in [0.4, 0.5) is 5.82 Å². The van der Waals surface area contributed by atoms with Crippen LogP contribution in [0, 0.1) is 5.92 Å². The van der Waals surface area contributed by atoms with Crippen LogP contribution in [0.2, 0.25) is 5.28 Å². The molecule has 1 atom stereocenters. The van der Waals surface area contributed by atoms with Gasteiger partial charge in [0.25, 0.3) is 0 Å². The minimum atomic E-state index is 0.312. The van der Waals surface area contributed by atoms with Gasteiger partial charge < -0.3 is 4.90 Å². The summed E-state index contributed by atoms with van der Waals surface area (Å²) in [7, 11) is 0. The van der Waals surface area contributed by atoms with Crippen molar-refractivity contribution >= 4 is 39.0 Å². The molecule has 22 heavy (non-hydrogen) atoms. The van der Waals surface area contributed by atoms with E-state index in [2.05, 4.69) is 34.9 Å². The highest BCUT2D eigenvalue weighted by molar-refractivity contribution is 7.19. The van der Waals surface area contributed by atoms with Gasteiger partial charge in [-0.25, -0.2) is 4.98 Å². The molecule has 0 fully saturated rings. The summed E-state index contributed by atoms with van der Waals surface area (Å²) in [5.41, 5.74) is 1.42. The van der Waals surface area contributed by atoms with Gasteiger partial charge >= 0.3 is 0 Å². The number of hydrogen-bond donors (Lipinski definition) is 0. The van der Waals surface area contributed by atoms with Crippen molar-refractivity contribution in [1.29, 1.82) is 0 Å². The van der Waals surface area contributed by atoms with Crippen molar-refractivity contribution in [2.24, 2.45) is 5.92 Å². The van der Waals surface area contributed by atoms with Gasteiger partial charge in [0.15, 0.2) is 0 Å². The quantitative estimate of drug-likeness (QED) is 0.589. The van der Waals surface area contributed by atoms with Crippen LogP contribution in [0.1, 0.15) is 23.8 Å². The Morgan fingerprint density at radius 2 is 2.05 bits per heavy atom. The molecule has 2 heterocycles. The van der Waals surface area contributed by atoms with Crippen molar-refractivity contribution in [1.82, 2.24) is 9.97 Å². The number of anilines is 1. The first-order chi connectivity index (χ1) is 10.6. The van der Waals surface area contributed by atoms with Crippen molar-refractivity contribution in [3.05, 3.63) is 41.0 Å². The average Bonchev–Trinajstić information content (AvgIpc) is 2.83. The van der Waals surface area contributed by atoms with Crippen molar-refractivity contribution in [3.63, 3.8) is 0 Å². The molecule has 0 bridgehead atoms. The van der Waals surface area contributed by atoms with Crippen molar-refractivity contribution in [3.8, 4) is 0 Å². The Morgan fingerprint density at radius 3 is 2.73 bits per heavy atom. The first-order valence-electron chi connectivity index (χ1n) is 7.58. The first kappa shape index (κ1) is 15.5. The molecule has 0 saturated heterocycles. The standard InChI is InChI=1S/C17H20ClN3S/c1-4-8-21(9-5-2)15-14-12-7-6-11(3)10-13(12)22-16(14)20-17(18)19-15/h4-5,11H,1-2,6-10H2,3H3. The number of rotatable bonds is 5. The van der Waals surface area contributed by atoms with Gasteiger partial charge in [0, 0.05) is 18.0 Å². The van der Waals surface area contributed by atoms with E-state index in [4.69, 9.17) is 11.6 Å². The predicted molar refractivity (Wildman–Crippen MR) is 96.2 cm³/mol. The van der Waals surface area contributed by atoms with E-state index in [1.807, 2.05) is 12.2 Å². The lowest BCUT2D eigenvalue weighted by molar-refractivity contribution is 0.509. The molecular weight excluding hydrogens is 314 g/mol. The molecular formula is C17H20ClN3S. The van der Waals surface area contributed by atoms with Crippen LogP contribution in [0.25, 0.3) is 10.2 Å². The lowest BCUT2D eigenvalue weighted by Gasteiger charge is -2.23. The van der Waals surface area contributed by atoms with Gasteiger partial charge in [0.1, 0.15) is 10.6 Å². The highest BCUT2D eigenvalue weighted by atomic mass is 35.5. The summed E-state index contributed by atoms with van der Waals surface area (Å²) in [6.45, 7) is 11.4. The normalized spacial score (nSPS) is 17.3. The minimum Gasteiger partial charge on any atom is -0.348 e. The molecule has 0 saturated carbocycles. The number of thiophene rings is 1. The first-order valence-corrected chi connectivity index (χ1v) is 8.78. The lowest BCUT2D eigenvalue weighted by Crippen LogP contribution is -2.25. The van der Waals surface area contributed by atoms with Crippen LogP contribution in [-0.2, 0) is 12.8 Å². The summed E-state index contributed by atoms with van der Waals surface area (Å²) >= 11 is 7.94. The zero-order valence-electron chi connectivity index (χ0n) is 12.8. The Labute approximate surface area is 140 Å². The molecule has 2 aromatic rings. The molecule has 3 nitrogen and oxygen atoms in total. The average molecular weight is 334 g/mol. The van der Waals surface area contributed by atoms with Gasteiger partial charge in [0.05, 0.1) is 5.39 Å². The monoisotopic (exact) mass is 333 g/mol. The van der Waals surface area contributed by atoms with E-state index >= 15 is 0 Å². The molecule has 1 aliphatic rings. The minimum absolute atomic E-state index is 0.312. The van der Waals surface area contributed by atoms with Crippen LogP contribution in [0.5, 0.6) is 0 Å². The molecule has 0 aliphatic heterocycles. The molecule has 3 rings (SSSR count). The highest BCUT2D eigenvalue weighted by Gasteiger charge is 2.25. The molecule has 0 spiro atoms. The Balaban J connectivity index is 2.19. The van der Waals surface area contributed by atoms with Crippen LogP contribution in [0.15, 0.2) is 25.3 Å². The largest absolute Gasteiger partial charge is 0.348 e. The van der Waals surface area contributed by atoms with Crippen molar-refractivity contribution in [2.75, 3.05) is 18.0 Å². The van der Waals surface area contributed by atoms with Crippen molar-refractivity contribution in [2.45, 2.75) is 26.2 Å². The van der Waals surface area contributed by atoms with Gasteiger partial charge in [-0.3, -0.25) is 0 Å². The maximum atomic E-state index is 6.17. The summed E-state index contributed by atoms with van der Waals surface area (Å²) in [5.74, 6) is 1.66. The van der Waals surface area contributed by atoms with E-state index in [0.29, 0.717) is 5.28 Å². The maximum Gasteiger partial charge on any atom is 0.225 e. The fourth-order valence-electron chi connectivity index (χ4n) is 3.09. The summed E-state index contributed by atoms with van der Waals surface area (Å²) in [6.07, 6.45) is 7.23. The van der Waals surface area contributed by atoms with Gasteiger partial charge in [-0.2, -0.15) is 4.98 Å². The number of nitrogens with zero attached hydrogens (tertiary/aromatic N) is 3. The summed E-state index contributed by atoms with van der Waals surface area (Å²) in [5, 5.41) is 1.49. The zero-order chi connectivity index (χ0) is 15.7. The number of aryl methyl sites for hydroxylation is 1. The second-order valence-corrected chi connectivity index (χ2v) is 7.25. The second-order valence-electron chi connectivity index (χ2n) is 5.83. The predicted octanol–water partition coefficient (Wildman–Crippen LogP) is 4.65. The molecule has 2 aromatic heterocycles. The Bertz CT molecular complexity index is 712. The van der Waals surface area contributed by atoms with Crippen LogP contribution in [-0.4, -0.2) is 23.1 Å². The summed E-state index contributed by atoms with van der Waals surface area (Å²) in [6, 6.07) is 0. The summed E-state index contributed by atoms with van der Waals surface area (Å²) in [4.78, 5) is 13.6. The third kappa shape index (κ3) is 2.77. The molecule has 1 aliphatic carbocycles. The maximum absolute atomic E-state index is 6.17. The second kappa shape index (κ2) is 6.39. The topological polar surface area (TPSA) is 29.0 Å². The third-order valence-electron chi connectivity index (χ3n) is 4.11. The van der Waals surface area contributed by atoms with Crippen LogP contribution in [0.3, 0.4) is 0 Å². The van der Waals surface area contributed by atoms with Crippen LogP contribution < -0.4 is 4.90 Å². The van der Waals surface area contributed by atoms with Crippen molar-refractivity contribution < 1.29 is 0 Å². The SMILES string of the molecule is C=CCN(CC=C)c1nc(Cl)nc2sc3c(c12)CCC(C)C3. The molecule has 0 radical (unpaired) electrons. The molecule has 0 N–H and O–H groups in total. The van der Waals surface area contributed by atoms with Gasteiger partial charge in [-0.15, -0.1) is 24.5 Å². The molecule has 1 unspecified atom stereocenters. The Kier molecular flexibility index (Phi) is 4.50. The van der Waals surface area contributed by atoms with E-state index in [1.165, 1.54) is 22.2 Å². The number of fused-ring (bicyclic) bond motifs is 3. The molecule has 0 amide bonds. The van der Waals surface area contributed by atoms with E-state index in [0.717, 1.165) is 42.5 Å². The fraction of sp³-hybridized carbons (Fsp3) is 0.412. The molecule has 0 aromatic carbocycles. The number of halogens is 1. The zero-order valence-corrected chi connectivity index (χ0v) is 14.4. The van der Waals surface area contributed by atoms with E-state index in [9.17, 15) is 0 Å². The van der Waals surface area contributed by atoms with Crippen LogP contribution >= 0.6 is 22.9 Å². The number of hydrogen-bond acceptors (Lipinski definition) is 4. The Hall–Kier alpha value is -1.39. The van der Waals surface area contributed by atoms with Gasteiger partial charge in [-0.05, 0) is 42.3 Å².